The van der Waals surface area contributed by atoms with Gasteiger partial charge < -0.3 is 4.74 Å². The summed E-state index contributed by atoms with van der Waals surface area (Å²) in [6.45, 7) is 0. The third kappa shape index (κ3) is 0.537. The Bertz CT molecular complexity index is 378. The molecular weight excluding hydrogens is 152 g/mol. The van der Waals surface area contributed by atoms with Gasteiger partial charge in [0.25, 0.3) is 0 Å². The van der Waals surface area contributed by atoms with Crippen molar-refractivity contribution >= 4 is 5.97 Å². The lowest BCUT2D eigenvalue weighted by molar-refractivity contribution is -0.140. The van der Waals surface area contributed by atoms with Gasteiger partial charge in [0.05, 0.1) is 0 Å². The summed E-state index contributed by atoms with van der Waals surface area (Å²) >= 11 is 0. The zero-order valence-corrected chi connectivity index (χ0v) is 6.28. The lowest BCUT2D eigenvalue weighted by atomic mass is 9.82. The Kier molecular flexibility index (Phi) is 0.803. The highest BCUT2D eigenvalue weighted by molar-refractivity contribution is 5.90. The highest BCUT2D eigenvalue weighted by Gasteiger charge is 2.41. The summed E-state index contributed by atoms with van der Waals surface area (Å²) in [4.78, 5) is 11.0. The number of rotatable bonds is 0. The van der Waals surface area contributed by atoms with Crippen molar-refractivity contribution in [2.45, 2.75) is 5.60 Å². The quantitative estimate of drug-likeness (QED) is 0.496. The molecule has 1 aliphatic heterocycles. The van der Waals surface area contributed by atoms with Gasteiger partial charge in [-0.05, 0) is 23.8 Å². The van der Waals surface area contributed by atoms with Gasteiger partial charge in [0.2, 0.25) is 0 Å². The second-order valence-corrected chi connectivity index (χ2v) is 3.12. The van der Waals surface area contributed by atoms with Crippen molar-refractivity contribution in [3.05, 3.63) is 47.6 Å². The number of ether oxygens (including phenoxy) is 1. The van der Waals surface area contributed by atoms with Gasteiger partial charge in [-0.1, -0.05) is 12.2 Å². The number of carbonyl (C=O) groups excluding carboxylic acids is 1. The second-order valence-electron chi connectivity index (χ2n) is 3.12. The van der Waals surface area contributed by atoms with Crippen molar-refractivity contribution in [2.24, 2.45) is 0 Å². The minimum atomic E-state index is -0.557. The van der Waals surface area contributed by atoms with E-state index in [1.54, 1.807) is 6.08 Å². The van der Waals surface area contributed by atoms with Crippen LogP contribution in [0.1, 0.15) is 0 Å². The van der Waals surface area contributed by atoms with Crippen LogP contribution in [-0.4, -0.2) is 11.6 Å². The van der Waals surface area contributed by atoms with Crippen LogP contribution in [0, 0.1) is 0 Å². The molecule has 0 unspecified atom stereocenters. The molecule has 3 aliphatic carbocycles. The molecule has 1 heterocycles. The van der Waals surface area contributed by atoms with Crippen LogP contribution in [-0.2, 0) is 9.53 Å². The van der Waals surface area contributed by atoms with E-state index in [0.29, 0.717) is 0 Å². The predicted octanol–water partition coefficient (Wildman–Crippen LogP) is 1.27. The fourth-order valence-corrected chi connectivity index (χ4v) is 1.74. The van der Waals surface area contributed by atoms with Crippen LogP contribution in [0.4, 0.5) is 0 Å². The van der Waals surface area contributed by atoms with Gasteiger partial charge in [-0.25, -0.2) is 4.79 Å². The molecule has 0 aromatic carbocycles. The summed E-state index contributed by atoms with van der Waals surface area (Å²) in [5.41, 5.74) is 1.52. The molecule has 12 heavy (non-hydrogen) atoms. The van der Waals surface area contributed by atoms with Crippen LogP contribution in [0.3, 0.4) is 0 Å². The largest absolute Gasteiger partial charge is 0.442 e. The van der Waals surface area contributed by atoms with Gasteiger partial charge in [0.15, 0.2) is 5.60 Å². The average molecular weight is 158 g/mol. The van der Waals surface area contributed by atoms with Gasteiger partial charge in [0, 0.05) is 11.6 Å². The second kappa shape index (κ2) is 1.61. The highest BCUT2D eigenvalue weighted by atomic mass is 16.6. The predicted molar refractivity (Wildman–Crippen MR) is 43.3 cm³/mol. The Morgan fingerprint density at radius 2 is 1.92 bits per heavy atom. The maximum absolute atomic E-state index is 11.0. The molecule has 0 atom stereocenters. The maximum Gasteiger partial charge on any atom is 0.332 e. The van der Waals surface area contributed by atoms with E-state index in [-0.39, 0.29) is 5.97 Å². The molecule has 1 spiro atoms. The lowest BCUT2D eigenvalue weighted by Gasteiger charge is -2.29. The first-order chi connectivity index (χ1) is 5.78. The molecule has 0 saturated carbocycles. The first kappa shape index (κ1) is 6.00. The number of esters is 1. The fraction of sp³-hybridized carbons (Fsp3) is 0.100. The zero-order chi connectivity index (χ0) is 8.18. The van der Waals surface area contributed by atoms with Crippen LogP contribution in [0.2, 0.25) is 0 Å². The van der Waals surface area contributed by atoms with Gasteiger partial charge in [-0.2, -0.15) is 0 Å². The van der Waals surface area contributed by atoms with Gasteiger partial charge in [-0.3, -0.25) is 0 Å². The Morgan fingerprint density at radius 3 is 2.58 bits per heavy atom. The summed E-state index contributed by atoms with van der Waals surface area (Å²) in [5, 5.41) is 0. The van der Waals surface area contributed by atoms with Crippen LogP contribution in [0.5, 0.6) is 0 Å². The van der Waals surface area contributed by atoms with E-state index in [0.717, 1.165) is 11.1 Å². The zero-order valence-electron chi connectivity index (χ0n) is 6.28. The Hall–Kier alpha value is -1.57. The summed E-state index contributed by atoms with van der Waals surface area (Å²) in [7, 11) is 0. The molecule has 0 aromatic heterocycles. The molecule has 0 radical (unpaired) electrons. The molecule has 0 fully saturated rings. The number of hydrogen-bond acceptors (Lipinski definition) is 2. The summed E-state index contributed by atoms with van der Waals surface area (Å²) in [5.74, 6) is -0.251. The Labute approximate surface area is 69.5 Å². The summed E-state index contributed by atoms with van der Waals surface area (Å²) in [6.07, 6.45) is 11.3. The molecule has 2 bridgehead atoms. The van der Waals surface area contributed by atoms with Gasteiger partial charge in [-0.15, -0.1) is 0 Å². The number of carbonyl (C=O) groups is 1. The molecular formula is C10H6O2. The molecule has 0 amide bonds. The molecule has 4 aliphatic rings. The van der Waals surface area contributed by atoms with E-state index >= 15 is 0 Å². The van der Waals surface area contributed by atoms with E-state index in [1.165, 1.54) is 0 Å². The highest BCUT2D eigenvalue weighted by Crippen LogP contribution is 2.40. The van der Waals surface area contributed by atoms with Crippen LogP contribution in [0.25, 0.3) is 0 Å². The third-order valence-corrected chi connectivity index (χ3v) is 2.36. The summed E-state index contributed by atoms with van der Waals surface area (Å²) in [6, 6.07) is 0. The van der Waals surface area contributed by atoms with Gasteiger partial charge >= 0.3 is 5.97 Å². The molecule has 0 saturated heterocycles. The topological polar surface area (TPSA) is 26.3 Å². The standard InChI is InChI=1S/C10H6O2/c11-9-6-8-5-7-1-3-10(8,12-9)4-2-7/h1-6H. The van der Waals surface area contributed by atoms with E-state index in [4.69, 9.17) is 4.74 Å². The van der Waals surface area contributed by atoms with Crippen molar-refractivity contribution in [3.8, 4) is 0 Å². The van der Waals surface area contributed by atoms with E-state index in [9.17, 15) is 4.79 Å². The van der Waals surface area contributed by atoms with Crippen molar-refractivity contribution < 1.29 is 9.53 Å². The van der Waals surface area contributed by atoms with Crippen molar-refractivity contribution in [2.75, 3.05) is 0 Å². The molecule has 58 valence electrons. The molecule has 2 nitrogen and oxygen atoms in total. The van der Waals surface area contributed by atoms with E-state index in [2.05, 4.69) is 0 Å². The smallest absolute Gasteiger partial charge is 0.332 e. The molecule has 4 rings (SSSR count). The first-order valence-electron chi connectivity index (χ1n) is 3.84. The third-order valence-electron chi connectivity index (χ3n) is 2.36. The van der Waals surface area contributed by atoms with Crippen molar-refractivity contribution in [1.82, 2.24) is 0 Å². The minimum absolute atomic E-state index is 0.251. The van der Waals surface area contributed by atoms with Crippen LogP contribution < -0.4 is 0 Å². The number of hydrogen-bond donors (Lipinski definition) is 0. The maximum atomic E-state index is 11.0. The van der Waals surface area contributed by atoms with E-state index in [1.807, 2.05) is 30.4 Å². The fourth-order valence-electron chi connectivity index (χ4n) is 1.74. The molecule has 0 N–H and O–H groups in total. The van der Waals surface area contributed by atoms with Gasteiger partial charge in [0.1, 0.15) is 0 Å². The summed E-state index contributed by atoms with van der Waals surface area (Å²) < 4.78 is 5.19. The van der Waals surface area contributed by atoms with Crippen LogP contribution in [0.15, 0.2) is 47.6 Å². The normalized spacial score (nSPS) is 26.5. The SMILES string of the molecule is O=C1C=C2C=C3C=CC2(C=C3)O1. The van der Waals surface area contributed by atoms with E-state index < -0.39 is 5.60 Å². The monoisotopic (exact) mass is 158 g/mol. The Morgan fingerprint density at radius 1 is 1.17 bits per heavy atom. The van der Waals surface area contributed by atoms with Crippen LogP contribution >= 0.6 is 0 Å². The minimum Gasteiger partial charge on any atom is -0.442 e. The van der Waals surface area contributed by atoms with Crippen molar-refractivity contribution in [3.63, 3.8) is 0 Å². The first-order valence-corrected chi connectivity index (χ1v) is 3.84. The molecule has 0 aromatic rings. The Balaban J connectivity index is 2.28. The lowest BCUT2D eigenvalue weighted by Crippen LogP contribution is -2.30. The molecule has 2 heteroatoms. The number of allylic oxidation sites excluding steroid dienone is 3. The average Bonchev–Trinajstić information content (AvgIpc) is 2.39. The van der Waals surface area contributed by atoms with Crippen molar-refractivity contribution in [1.29, 1.82) is 0 Å².